The van der Waals surface area contributed by atoms with Gasteiger partial charge in [0, 0.05) is 57.6 Å². The predicted octanol–water partition coefficient (Wildman–Crippen LogP) is 3.94. The SMILES string of the molecule is O=C(O)C(F)(F)F.O=C(O)C(F)(F)F.c1cncc(CN2CC3(C2)OCCC3CCOCc2ccncc2)c1. The van der Waals surface area contributed by atoms with Crippen LogP contribution in [0.25, 0.3) is 0 Å². The van der Waals surface area contributed by atoms with Gasteiger partial charge in [0.15, 0.2) is 0 Å². The molecule has 9 nitrogen and oxygen atoms in total. The molecule has 2 fully saturated rings. The number of alkyl halides is 6. The molecule has 15 heteroatoms. The molecule has 2 aromatic rings. The Balaban J connectivity index is 0.000000317. The van der Waals surface area contributed by atoms with Crippen LogP contribution in [0.5, 0.6) is 0 Å². The molecule has 4 rings (SSSR count). The Hall–Kier alpha value is -3.30. The van der Waals surface area contributed by atoms with E-state index in [2.05, 4.69) is 20.9 Å². The van der Waals surface area contributed by atoms with Crippen molar-refractivity contribution in [1.29, 1.82) is 0 Å². The maximum absolute atomic E-state index is 10.6. The number of carboxylic acids is 2. The molecule has 2 aliphatic heterocycles. The molecule has 0 saturated carbocycles. The van der Waals surface area contributed by atoms with Crippen LogP contribution in [0, 0.1) is 5.92 Å². The summed E-state index contributed by atoms with van der Waals surface area (Å²) < 4.78 is 75.5. The van der Waals surface area contributed by atoms with Gasteiger partial charge in [0.05, 0.1) is 12.2 Å². The zero-order chi connectivity index (χ0) is 29.1. The maximum Gasteiger partial charge on any atom is 0.490 e. The summed E-state index contributed by atoms with van der Waals surface area (Å²) >= 11 is 0. The Morgan fingerprint density at radius 2 is 1.56 bits per heavy atom. The number of pyridine rings is 2. The second-order valence-electron chi connectivity index (χ2n) is 8.71. The number of aromatic nitrogens is 2. The fourth-order valence-electron chi connectivity index (χ4n) is 4.01. The first kappa shape index (κ1) is 31.9. The molecule has 2 N–H and O–H groups in total. The number of aliphatic carboxylic acids is 2. The van der Waals surface area contributed by atoms with Crippen molar-refractivity contribution in [1.82, 2.24) is 14.9 Å². The molecular formula is C24H27F6N3O6. The molecule has 39 heavy (non-hydrogen) atoms. The first-order chi connectivity index (χ1) is 18.2. The van der Waals surface area contributed by atoms with Crippen molar-refractivity contribution in [2.75, 3.05) is 26.3 Å². The highest BCUT2D eigenvalue weighted by Gasteiger charge is 2.52. The molecule has 0 aromatic carbocycles. The summed E-state index contributed by atoms with van der Waals surface area (Å²) in [7, 11) is 0. The average molecular weight is 567 g/mol. The molecule has 0 aliphatic carbocycles. The lowest BCUT2D eigenvalue weighted by Crippen LogP contribution is -2.64. The van der Waals surface area contributed by atoms with Gasteiger partial charge >= 0.3 is 24.3 Å². The van der Waals surface area contributed by atoms with Gasteiger partial charge in [-0.3, -0.25) is 14.9 Å². The Bertz CT molecular complexity index is 1010. The number of hydrogen-bond acceptors (Lipinski definition) is 7. The third-order valence-electron chi connectivity index (χ3n) is 5.83. The topological polar surface area (TPSA) is 122 Å². The smallest absolute Gasteiger partial charge is 0.475 e. The van der Waals surface area contributed by atoms with E-state index in [9.17, 15) is 26.3 Å². The minimum Gasteiger partial charge on any atom is -0.475 e. The second kappa shape index (κ2) is 14.2. The second-order valence-corrected chi connectivity index (χ2v) is 8.71. The minimum absolute atomic E-state index is 0.0578. The molecule has 216 valence electrons. The number of carboxylic acid groups (broad SMARTS) is 2. The third kappa shape index (κ3) is 10.8. The van der Waals surface area contributed by atoms with Crippen LogP contribution >= 0.6 is 0 Å². The van der Waals surface area contributed by atoms with Gasteiger partial charge in [-0.2, -0.15) is 26.3 Å². The van der Waals surface area contributed by atoms with Crippen molar-refractivity contribution in [3.63, 3.8) is 0 Å². The third-order valence-corrected chi connectivity index (χ3v) is 5.83. The van der Waals surface area contributed by atoms with Crippen LogP contribution in [0.3, 0.4) is 0 Å². The molecule has 2 aromatic heterocycles. The summed E-state index contributed by atoms with van der Waals surface area (Å²) in [4.78, 5) is 28.5. The zero-order valence-electron chi connectivity index (χ0n) is 20.5. The van der Waals surface area contributed by atoms with Gasteiger partial charge in [-0.25, -0.2) is 9.59 Å². The lowest BCUT2D eigenvalue weighted by Gasteiger charge is -2.50. The highest BCUT2D eigenvalue weighted by atomic mass is 19.4. The molecule has 1 atom stereocenters. The van der Waals surface area contributed by atoms with E-state index in [1.807, 2.05) is 43.0 Å². The quantitative estimate of drug-likeness (QED) is 0.379. The van der Waals surface area contributed by atoms with Crippen LogP contribution in [-0.4, -0.2) is 81.3 Å². The minimum atomic E-state index is -5.08. The number of likely N-dealkylation sites (tertiary alicyclic amines) is 1. The van der Waals surface area contributed by atoms with Crippen LogP contribution in [0.1, 0.15) is 24.0 Å². The summed E-state index contributed by atoms with van der Waals surface area (Å²) in [6.07, 6.45) is -0.549. The van der Waals surface area contributed by atoms with E-state index in [0.717, 1.165) is 45.7 Å². The molecule has 0 bridgehead atoms. The number of nitrogens with zero attached hydrogens (tertiary/aromatic N) is 3. The lowest BCUT2D eigenvalue weighted by molar-refractivity contribution is -0.193. The zero-order valence-corrected chi connectivity index (χ0v) is 20.5. The van der Waals surface area contributed by atoms with Crippen molar-refractivity contribution >= 4 is 11.9 Å². The molecule has 4 heterocycles. The molecule has 0 amide bonds. The number of carbonyl (C=O) groups is 2. The molecule has 1 unspecified atom stereocenters. The van der Waals surface area contributed by atoms with Gasteiger partial charge in [-0.1, -0.05) is 6.07 Å². The number of rotatable bonds is 7. The fraction of sp³-hybridized carbons (Fsp3) is 0.500. The Morgan fingerprint density at radius 3 is 2.08 bits per heavy atom. The summed E-state index contributed by atoms with van der Waals surface area (Å²) in [5.41, 5.74) is 2.51. The Labute approximate surface area is 219 Å². The van der Waals surface area contributed by atoms with E-state index < -0.39 is 24.3 Å². The van der Waals surface area contributed by atoms with Gasteiger partial charge in [0.2, 0.25) is 0 Å². The van der Waals surface area contributed by atoms with Crippen LogP contribution in [0.2, 0.25) is 0 Å². The summed E-state index contributed by atoms with van der Waals surface area (Å²) in [5.74, 6) is -4.91. The van der Waals surface area contributed by atoms with E-state index in [4.69, 9.17) is 29.3 Å². The number of halogens is 6. The fourth-order valence-corrected chi connectivity index (χ4v) is 4.01. The molecular weight excluding hydrogens is 540 g/mol. The molecule has 2 saturated heterocycles. The van der Waals surface area contributed by atoms with Gasteiger partial charge in [0.25, 0.3) is 0 Å². The van der Waals surface area contributed by atoms with E-state index in [-0.39, 0.29) is 5.60 Å². The number of ether oxygens (including phenoxy) is 2. The van der Waals surface area contributed by atoms with Gasteiger partial charge < -0.3 is 19.7 Å². The Morgan fingerprint density at radius 1 is 0.974 bits per heavy atom. The van der Waals surface area contributed by atoms with Gasteiger partial charge in [0.1, 0.15) is 0 Å². The van der Waals surface area contributed by atoms with Crippen molar-refractivity contribution < 1.29 is 55.6 Å². The van der Waals surface area contributed by atoms with Crippen LogP contribution < -0.4 is 0 Å². The van der Waals surface area contributed by atoms with Crippen molar-refractivity contribution in [2.45, 2.75) is 43.9 Å². The first-order valence-electron chi connectivity index (χ1n) is 11.5. The summed E-state index contributed by atoms with van der Waals surface area (Å²) in [5, 5.41) is 14.2. The molecule has 1 spiro atoms. The lowest BCUT2D eigenvalue weighted by atomic mass is 9.79. The van der Waals surface area contributed by atoms with Gasteiger partial charge in [-0.05, 0) is 48.1 Å². The van der Waals surface area contributed by atoms with Crippen molar-refractivity contribution in [3.05, 3.63) is 60.2 Å². The highest BCUT2D eigenvalue weighted by molar-refractivity contribution is 5.73. The Kier molecular flexibility index (Phi) is 11.6. The van der Waals surface area contributed by atoms with Gasteiger partial charge in [-0.15, -0.1) is 0 Å². The van der Waals surface area contributed by atoms with Crippen LogP contribution in [-0.2, 0) is 32.2 Å². The standard InChI is InChI=1S/C20H25N3O2.2C2HF3O2/c1-2-18(12-22-7-1)13-23-15-20(16-23)19(6-11-25-20)5-10-24-14-17-3-8-21-9-4-17;2*3-2(4,5)1(6)7/h1-4,7-9,12,19H,5-6,10-11,13-16H2;2*(H,6,7). The first-order valence-corrected chi connectivity index (χ1v) is 11.5. The predicted molar refractivity (Wildman–Crippen MR) is 122 cm³/mol. The van der Waals surface area contributed by atoms with E-state index >= 15 is 0 Å². The largest absolute Gasteiger partial charge is 0.490 e. The normalized spacial score (nSPS) is 18.3. The number of hydrogen-bond donors (Lipinski definition) is 2. The van der Waals surface area contributed by atoms with E-state index in [0.29, 0.717) is 12.5 Å². The monoisotopic (exact) mass is 567 g/mol. The average Bonchev–Trinajstić information content (AvgIpc) is 3.26. The van der Waals surface area contributed by atoms with Crippen LogP contribution in [0.4, 0.5) is 26.3 Å². The molecule has 0 radical (unpaired) electrons. The summed E-state index contributed by atoms with van der Waals surface area (Å²) in [6.45, 7) is 5.35. The highest BCUT2D eigenvalue weighted by Crippen LogP contribution is 2.42. The maximum atomic E-state index is 10.6. The summed E-state index contributed by atoms with van der Waals surface area (Å²) in [6, 6.07) is 8.14. The van der Waals surface area contributed by atoms with E-state index in [1.54, 1.807) is 0 Å². The van der Waals surface area contributed by atoms with Crippen LogP contribution in [0.15, 0.2) is 49.1 Å². The van der Waals surface area contributed by atoms with Crippen molar-refractivity contribution in [3.8, 4) is 0 Å². The van der Waals surface area contributed by atoms with Crippen molar-refractivity contribution in [2.24, 2.45) is 5.92 Å². The molecule has 2 aliphatic rings. The van der Waals surface area contributed by atoms with E-state index in [1.165, 1.54) is 11.1 Å².